The molecule has 1 saturated heterocycles. The number of fused-ring (bicyclic) bond motifs is 1. The molecule has 0 saturated carbocycles. The van der Waals surface area contributed by atoms with Gasteiger partial charge >= 0.3 is 7.12 Å². The average molecular weight is 288 g/mol. The maximum absolute atomic E-state index is 6.11. The van der Waals surface area contributed by atoms with Crippen molar-refractivity contribution in [2.45, 2.75) is 45.6 Å². The van der Waals surface area contributed by atoms with Crippen LogP contribution in [0.15, 0.2) is 24.3 Å². The molecule has 0 spiro atoms. The first kappa shape index (κ1) is 14.6. The first-order valence-corrected chi connectivity index (χ1v) is 7.16. The molecule has 1 aliphatic heterocycles. The van der Waals surface area contributed by atoms with E-state index in [9.17, 15) is 0 Å². The van der Waals surface area contributed by atoms with Crippen LogP contribution in [0.4, 0.5) is 0 Å². The summed E-state index contributed by atoms with van der Waals surface area (Å²) in [6.07, 6.45) is 0. The summed E-state index contributed by atoms with van der Waals surface area (Å²) in [6, 6.07) is 8.05. The molecule has 0 amide bonds. The van der Waals surface area contributed by atoms with Crippen LogP contribution in [0.5, 0.6) is 0 Å². The summed E-state index contributed by atoms with van der Waals surface area (Å²) in [5, 5.41) is 5.67. The maximum atomic E-state index is 6.11. The first-order chi connectivity index (χ1) is 9.86. The lowest BCUT2D eigenvalue weighted by Crippen LogP contribution is -2.41. The molecule has 1 aromatic carbocycles. The van der Waals surface area contributed by atoms with Gasteiger partial charge in [-0.3, -0.25) is 0 Å². The van der Waals surface area contributed by atoms with Crippen molar-refractivity contribution in [1.29, 1.82) is 0 Å². The Hall–Kier alpha value is -1.37. The van der Waals surface area contributed by atoms with Gasteiger partial charge in [0.25, 0.3) is 0 Å². The van der Waals surface area contributed by atoms with Crippen LogP contribution in [0, 0.1) is 0 Å². The third-order valence-electron chi connectivity index (χ3n) is 4.41. The number of aromatic nitrogens is 2. The molecule has 0 N–H and O–H groups in total. The zero-order valence-electron chi connectivity index (χ0n) is 13.2. The molecule has 0 bridgehead atoms. The third-order valence-corrected chi connectivity index (χ3v) is 4.41. The molecule has 5 nitrogen and oxygen atoms in total. The Balaban J connectivity index is 2.06. The Kier molecular flexibility index (Phi) is 3.35. The van der Waals surface area contributed by atoms with E-state index in [0.29, 0.717) is 6.73 Å². The van der Waals surface area contributed by atoms with E-state index >= 15 is 0 Å². The first-order valence-electron chi connectivity index (χ1n) is 7.16. The number of benzene rings is 1. The van der Waals surface area contributed by atoms with Gasteiger partial charge in [0.2, 0.25) is 0 Å². The van der Waals surface area contributed by atoms with Gasteiger partial charge in [0, 0.05) is 12.5 Å². The molecule has 1 fully saturated rings. The Bertz CT molecular complexity index is 650. The van der Waals surface area contributed by atoms with Gasteiger partial charge in [0.1, 0.15) is 12.3 Å². The van der Waals surface area contributed by atoms with Crippen molar-refractivity contribution in [3.8, 4) is 0 Å². The van der Waals surface area contributed by atoms with Gasteiger partial charge in [0.15, 0.2) is 0 Å². The second-order valence-electron chi connectivity index (χ2n) is 6.41. The molecule has 6 heteroatoms. The zero-order valence-corrected chi connectivity index (χ0v) is 13.2. The number of ether oxygens (including phenoxy) is 1. The topological polar surface area (TPSA) is 45.5 Å². The van der Waals surface area contributed by atoms with Crippen LogP contribution in [0.1, 0.15) is 27.7 Å². The van der Waals surface area contributed by atoms with Crippen molar-refractivity contribution in [1.82, 2.24) is 9.78 Å². The smallest absolute Gasteiger partial charge is 0.398 e. The molecule has 1 aromatic heterocycles. The number of hydrogen-bond donors (Lipinski definition) is 0. The number of rotatable bonds is 3. The molecule has 2 aromatic rings. The summed E-state index contributed by atoms with van der Waals surface area (Å²) < 4.78 is 19.3. The summed E-state index contributed by atoms with van der Waals surface area (Å²) in [5.41, 5.74) is 1.08. The summed E-state index contributed by atoms with van der Waals surface area (Å²) in [5.74, 6) is 0. The summed E-state index contributed by atoms with van der Waals surface area (Å²) in [4.78, 5) is 0. The van der Waals surface area contributed by atoms with Crippen LogP contribution in [-0.2, 0) is 20.8 Å². The maximum Gasteiger partial charge on any atom is 0.517 e. The Morgan fingerprint density at radius 1 is 1.14 bits per heavy atom. The predicted molar refractivity (Wildman–Crippen MR) is 82.5 cm³/mol. The lowest BCUT2D eigenvalue weighted by molar-refractivity contribution is 0.00578. The van der Waals surface area contributed by atoms with Gasteiger partial charge in [-0.15, -0.1) is 0 Å². The van der Waals surface area contributed by atoms with Crippen molar-refractivity contribution in [3.05, 3.63) is 24.3 Å². The fourth-order valence-corrected chi connectivity index (χ4v) is 2.50. The van der Waals surface area contributed by atoms with Crippen molar-refractivity contribution in [2.24, 2.45) is 0 Å². The molecular formula is C15H21BN2O3. The minimum absolute atomic E-state index is 0.371. The highest BCUT2D eigenvalue weighted by Crippen LogP contribution is 2.36. The number of nitrogens with zero attached hydrogens (tertiary/aromatic N) is 2. The monoisotopic (exact) mass is 288 g/mol. The van der Waals surface area contributed by atoms with Gasteiger partial charge in [-0.05, 0) is 33.8 Å². The Labute approximate surface area is 125 Å². The average Bonchev–Trinajstić information content (AvgIpc) is 2.86. The molecule has 0 unspecified atom stereocenters. The highest BCUT2D eigenvalue weighted by atomic mass is 16.7. The predicted octanol–water partition coefficient (Wildman–Crippen LogP) is 1.94. The SMILES string of the molecule is COCn1nc(B2OC(C)(C)C(C)(C)O2)c2ccccc21. The minimum atomic E-state index is -0.460. The fraction of sp³-hybridized carbons (Fsp3) is 0.533. The van der Waals surface area contributed by atoms with Crippen molar-refractivity contribution >= 4 is 23.6 Å². The van der Waals surface area contributed by atoms with Gasteiger partial charge in [0.05, 0.1) is 16.7 Å². The quantitative estimate of drug-likeness (QED) is 0.810. The molecule has 1 aliphatic rings. The zero-order chi connectivity index (χ0) is 15.3. The van der Waals surface area contributed by atoms with Crippen molar-refractivity contribution in [2.75, 3.05) is 7.11 Å². The molecular weight excluding hydrogens is 267 g/mol. The molecule has 0 atom stereocenters. The van der Waals surface area contributed by atoms with Gasteiger partial charge < -0.3 is 14.0 Å². The molecule has 0 radical (unpaired) electrons. The second kappa shape index (κ2) is 4.83. The minimum Gasteiger partial charge on any atom is -0.398 e. The van der Waals surface area contributed by atoms with Crippen LogP contribution < -0.4 is 5.59 Å². The number of para-hydroxylation sites is 1. The lowest BCUT2D eigenvalue weighted by atomic mass is 9.82. The summed E-state index contributed by atoms with van der Waals surface area (Å²) >= 11 is 0. The third kappa shape index (κ3) is 2.27. The van der Waals surface area contributed by atoms with E-state index in [1.54, 1.807) is 7.11 Å². The molecule has 2 heterocycles. The van der Waals surface area contributed by atoms with E-state index in [2.05, 4.69) is 5.10 Å². The normalized spacial score (nSPS) is 20.3. The van der Waals surface area contributed by atoms with E-state index < -0.39 is 7.12 Å². The largest absolute Gasteiger partial charge is 0.517 e. The molecule has 112 valence electrons. The molecule has 3 rings (SSSR count). The second-order valence-corrected chi connectivity index (χ2v) is 6.41. The van der Waals surface area contributed by atoms with Gasteiger partial charge in [-0.2, -0.15) is 5.10 Å². The Morgan fingerprint density at radius 2 is 1.76 bits per heavy atom. The van der Waals surface area contributed by atoms with E-state index in [1.807, 2.05) is 56.6 Å². The fourth-order valence-electron chi connectivity index (χ4n) is 2.50. The van der Waals surface area contributed by atoms with Gasteiger partial charge in [-0.1, -0.05) is 18.2 Å². The highest BCUT2D eigenvalue weighted by Gasteiger charge is 2.53. The molecule has 21 heavy (non-hydrogen) atoms. The lowest BCUT2D eigenvalue weighted by Gasteiger charge is -2.32. The van der Waals surface area contributed by atoms with Crippen LogP contribution in [0.3, 0.4) is 0 Å². The van der Waals surface area contributed by atoms with E-state index in [4.69, 9.17) is 14.0 Å². The van der Waals surface area contributed by atoms with Crippen LogP contribution in [-0.4, -0.2) is 35.2 Å². The number of hydrogen-bond acceptors (Lipinski definition) is 4. The number of methoxy groups -OCH3 is 1. The standard InChI is InChI=1S/C15H21BN2O3/c1-14(2)15(3,4)21-16(20-14)13-11-8-6-7-9-12(11)18(17-13)10-19-5/h6-9H,10H2,1-5H3. The van der Waals surface area contributed by atoms with Gasteiger partial charge in [-0.25, -0.2) is 4.68 Å². The van der Waals surface area contributed by atoms with E-state index in [1.165, 1.54) is 0 Å². The van der Waals surface area contributed by atoms with Crippen LogP contribution in [0.25, 0.3) is 10.9 Å². The van der Waals surface area contributed by atoms with Crippen LogP contribution >= 0.6 is 0 Å². The Morgan fingerprint density at radius 3 is 2.38 bits per heavy atom. The van der Waals surface area contributed by atoms with Crippen molar-refractivity contribution in [3.63, 3.8) is 0 Å². The van der Waals surface area contributed by atoms with E-state index in [0.717, 1.165) is 16.5 Å². The molecule has 0 aliphatic carbocycles. The van der Waals surface area contributed by atoms with Crippen molar-refractivity contribution < 1.29 is 14.0 Å². The highest BCUT2D eigenvalue weighted by molar-refractivity contribution is 6.64. The summed E-state index contributed by atoms with van der Waals surface area (Å²) in [6.45, 7) is 8.57. The summed E-state index contributed by atoms with van der Waals surface area (Å²) in [7, 11) is 1.20. The van der Waals surface area contributed by atoms with Crippen LogP contribution in [0.2, 0.25) is 0 Å². The van der Waals surface area contributed by atoms with E-state index in [-0.39, 0.29) is 11.2 Å².